The van der Waals surface area contributed by atoms with Crippen molar-refractivity contribution >= 4 is 50.8 Å². The van der Waals surface area contributed by atoms with Crippen molar-refractivity contribution in [3.05, 3.63) is 121 Å². The van der Waals surface area contributed by atoms with Crippen LogP contribution in [-0.2, 0) is 0 Å². The number of hydrogen-bond acceptors (Lipinski definition) is 7. The lowest BCUT2D eigenvalue weighted by atomic mass is 9.83. The van der Waals surface area contributed by atoms with Gasteiger partial charge in [-0.05, 0) is 40.6 Å². The number of benzene rings is 3. The van der Waals surface area contributed by atoms with E-state index in [0.29, 0.717) is 32.5 Å². The Morgan fingerprint density at radius 1 is 0.972 bits per heavy atom. The summed E-state index contributed by atoms with van der Waals surface area (Å²) in [5.41, 5.74) is 8.58. The van der Waals surface area contributed by atoms with Gasteiger partial charge in [-0.15, -0.1) is 0 Å². The Morgan fingerprint density at radius 2 is 1.72 bits per heavy atom. The van der Waals surface area contributed by atoms with Crippen molar-refractivity contribution in [2.45, 2.75) is 5.92 Å². The second-order valence-electron chi connectivity index (χ2n) is 8.33. The van der Waals surface area contributed by atoms with Gasteiger partial charge in [-0.25, -0.2) is 4.79 Å². The van der Waals surface area contributed by atoms with Gasteiger partial charge in [0.1, 0.15) is 16.4 Å². The first-order valence-corrected chi connectivity index (χ1v) is 12.2. The van der Waals surface area contributed by atoms with Crippen LogP contribution in [0.15, 0.2) is 103 Å². The van der Waals surface area contributed by atoms with Crippen LogP contribution in [0.2, 0.25) is 5.02 Å². The third-order valence-corrected chi connectivity index (χ3v) is 7.63. The van der Waals surface area contributed by atoms with Crippen LogP contribution in [0, 0.1) is 22.7 Å². The Balaban J connectivity index is 1.55. The molecule has 0 amide bonds. The van der Waals surface area contributed by atoms with E-state index in [9.17, 15) is 15.3 Å². The SMILES string of the molecule is N#CC1=C(N)N2C(c3cc4c(ccc5ccccc54)oc3=O)=CSC2=C(C#N)C1c1ccc(Cl)cc1. The highest BCUT2D eigenvalue weighted by Gasteiger charge is 2.40. The summed E-state index contributed by atoms with van der Waals surface area (Å²) in [6, 6.07) is 24.8. The molecule has 8 heteroatoms. The van der Waals surface area contributed by atoms with Gasteiger partial charge < -0.3 is 10.2 Å². The molecule has 3 heterocycles. The van der Waals surface area contributed by atoms with Crippen molar-refractivity contribution in [3.63, 3.8) is 0 Å². The van der Waals surface area contributed by atoms with Crippen molar-refractivity contribution < 1.29 is 4.42 Å². The Kier molecular flexibility index (Phi) is 5.12. The summed E-state index contributed by atoms with van der Waals surface area (Å²) in [5.74, 6) is -0.471. The van der Waals surface area contributed by atoms with E-state index in [0.717, 1.165) is 21.7 Å². The second kappa shape index (κ2) is 8.35. The standard InChI is InChI=1S/C28H15ClN4O2S/c29-17-8-5-16(6-9-17)25-21(12-30)26(32)33-23(14-36-27(33)22(25)13-31)20-11-19-18-4-2-1-3-15(18)7-10-24(19)35-28(20)34/h1-11,14,25H,32H2. The van der Waals surface area contributed by atoms with Crippen molar-refractivity contribution in [1.82, 2.24) is 4.90 Å². The minimum Gasteiger partial charge on any atom is -0.422 e. The van der Waals surface area contributed by atoms with E-state index in [4.69, 9.17) is 21.8 Å². The molecule has 0 radical (unpaired) electrons. The lowest BCUT2D eigenvalue weighted by Crippen LogP contribution is -2.32. The lowest BCUT2D eigenvalue weighted by Gasteiger charge is -2.33. The smallest absolute Gasteiger partial charge is 0.345 e. The zero-order valence-electron chi connectivity index (χ0n) is 18.5. The van der Waals surface area contributed by atoms with Gasteiger partial charge in [-0.3, -0.25) is 4.90 Å². The van der Waals surface area contributed by atoms with Gasteiger partial charge in [-0.1, -0.05) is 65.8 Å². The van der Waals surface area contributed by atoms with Crippen molar-refractivity contribution in [2.75, 3.05) is 0 Å². The Morgan fingerprint density at radius 3 is 2.47 bits per heavy atom. The van der Waals surface area contributed by atoms with Gasteiger partial charge in [0.05, 0.1) is 40.5 Å². The summed E-state index contributed by atoms with van der Waals surface area (Å²) in [4.78, 5) is 14.7. The molecule has 2 N–H and O–H groups in total. The largest absolute Gasteiger partial charge is 0.422 e. The number of rotatable bonds is 2. The van der Waals surface area contributed by atoms with Crippen molar-refractivity contribution in [2.24, 2.45) is 5.73 Å². The third-order valence-electron chi connectivity index (χ3n) is 6.41. The number of hydrogen-bond donors (Lipinski definition) is 1. The lowest BCUT2D eigenvalue weighted by molar-refractivity contribution is 0.547. The second-order valence-corrected chi connectivity index (χ2v) is 9.62. The van der Waals surface area contributed by atoms with Crippen LogP contribution in [-0.4, -0.2) is 4.90 Å². The highest BCUT2D eigenvalue weighted by atomic mass is 35.5. The summed E-state index contributed by atoms with van der Waals surface area (Å²) >= 11 is 7.34. The van der Waals surface area contributed by atoms with Crippen LogP contribution in [0.3, 0.4) is 0 Å². The predicted octanol–water partition coefficient (Wildman–Crippen LogP) is 6.17. The van der Waals surface area contributed by atoms with Crippen LogP contribution < -0.4 is 11.4 Å². The summed E-state index contributed by atoms with van der Waals surface area (Å²) in [6.45, 7) is 0. The Hall–Kier alpha value is -4.43. The Bertz CT molecular complexity index is 1840. The van der Waals surface area contributed by atoms with Crippen molar-refractivity contribution in [3.8, 4) is 12.1 Å². The average molecular weight is 507 g/mol. The first-order chi connectivity index (χ1) is 17.5. The van der Waals surface area contributed by atoms with Crippen LogP contribution in [0.25, 0.3) is 27.4 Å². The molecular formula is C28H15ClN4O2S. The fraction of sp³-hybridized carbons (Fsp3) is 0.0357. The van der Waals surface area contributed by atoms with Gasteiger partial charge in [-0.2, -0.15) is 10.5 Å². The number of nitrogens with two attached hydrogens (primary N) is 1. The topological polar surface area (TPSA) is 107 Å². The highest BCUT2D eigenvalue weighted by Crippen LogP contribution is 2.51. The molecule has 6 nitrogen and oxygen atoms in total. The van der Waals surface area contributed by atoms with Crippen molar-refractivity contribution in [1.29, 1.82) is 10.5 Å². The van der Waals surface area contributed by atoms with Gasteiger partial charge in [0.15, 0.2) is 0 Å². The van der Waals surface area contributed by atoms with E-state index < -0.39 is 11.5 Å². The molecule has 3 aromatic carbocycles. The number of nitrogens with zero attached hydrogens (tertiary/aromatic N) is 3. The van der Waals surface area contributed by atoms with Gasteiger partial charge in [0.2, 0.25) is 0 Å². The molecule has 6 rings (SSSR count). The number of nitriles is 2. The molecule has 1 atom stereocenters. The number of fused-ring (bicyclic) bond motifs is 4. The molecule has 0 saturated carbocycles. The first kappa shape index (κ1) is 22.1. The van der Waals surface area contributed by atoms with E-state index in [-0.39, 0.29) is 11.4 Å². The molecule has 2 aliphatic rings. The monoisotopic (exact) mass is 506 g/mol. The summed E-state index contributed by atoms with van der Waals surface area (Å²) in [6.07, 6.45) is 0. The molecule has 36 heavy (non-hydrogen) atoms. The quantitative estimate of drug-likeness (QED) is 0.256. The fourth-order valence-electron chi connectivity index (χ4n) is 4.74. The van der Waals surface area contributed by atoms with E-state index in [1.165, 1.54) is 11.8 Å². The number of halogens is 1. The zero-order chi connectivity index (χ0) is 25.0. The van der Waals surface area contributed by atoms with Crippen LogP contribution >= 0.6 is 23.4 Å². The molecule has 1 aromatic heterocycles. The van der Waals surface area contributed by atoms with Gasteiger partial charge >= 0.3 is 5.63 Å². The van der Waals surface area contributed by atoms with Gasteiger partial charge in [0, 0.05) is 15.8 Å². The van der Waals surface area contributed by atoms with Gasteiger partial charge in [0.25, 0.3) is 0 Å². The number of thioether (sulfide) groups is 1. The summed E-state index contributed by atoms with van der Waals surface area (Å²) in [5, 5.41) is 25.8. The van der Waals surface area contributed by atoms with E-state index >= 15 is 0 Å². The van der Waals surface area contributed by atoms with Crippen LogP contribution in [0.5, 0.6) is 0 Å². The Labute approximate surface area is 214 Å². The fourth-order valence-corrected chi connectivity index (χ4v) is 5.92. The molecule has 1 unspecified atom stereocenters. The minimum atomic E-state index is -0.638. The van der Waals surface area contributed by atoms with E-state index in [1.54, 1.807) is 46.7 Å². The summed E-state index contributed by atoms with van der Waals surface area (Å²) in [7, 11) is 0. The average Bonchev–Trinajstić information content (AvgIpc) is 3.34. The third kappa shape index (κ3) is 3.22. The molecule has 0 saturated heterocycles. The molecule has 172 valence electrons. The molecule has 4 aromatic rings. The maximum atomic E-state index is 13.1. The van der Waals surface area contributed by atoms with Crippen LogP contribution in [0.1, 0.15) is 17.0 Å². The molecule has 0 aliphatic carbocycles. The summed E-state index contributed by atoms with van der Waals surface area (Å²) < 4.78 is 5.69. The molecule has 0 bridgehead atoms. The maximum Gasteiger partial charge on any atom is 0.345 e. The molecule has 0 fully saturated rings. The molecule has 2 aliphatic heterocycles. The minimum absolute atomic E-state index is 0.167. The number of allylic oxidation sites excluding steroid dienone is 2. The zero-order valence-corrected chi connectivity index (χ0v) is 20.1. The molecule has 0 spiro atoms. The molecular weight excluding hydrogens is 492 g/mol. The van der Waals surface area contributed by atoms with E-state index in [1.807, 2.05) is 30.3 Å². The highest BCUT2D eigenvalue weighted by molar-refractivity contribution is 8.06. The first-order valence-electron chi connectivity index (χ1n) is 10.9. The normalized spacial score (nSPS) is 17.2. The predicted molar refractivity (Wildman–Crippen MR) is 141 cm³/mol. The van der Waals surface area contributed by atoms with Crippen LogP contribution in [0.4, 0.5) is 0 Å². The van der Waals surface area contributed by atoms with E-state index in [2.05, 4.69) is 12.1 Å². The maximum absolute atomic E-state index is 13.1.